The Morgan fingerprint density at radius 1 is 1.10 bits per heavy atom. The van der Waals surface area contributed by atoms with E-state index in [9.17, 15) is 9.90 Å². The molecule has 4 rings (SSSR count). The number of benzene rings is 2. The Balaban J connectivity index is 1.25. The van der Waals surface area contributed by atoms with Gasteiger partial charge in [0.15, 0.2) is 5.69 Å². The lowest BCUT2D eigenvalue weighted by Gasteiger charge is -2.35. The second-order valence-electron chi connectivity index (χ2n) is 7.95. The first-order valence-electron chi connectivity index (χ1n) is 10.6. The highest BCUT2D eigenvalue weighted by atomic mass is 16.3. The molecule has 0 bridgehead atoms. The van der Waals surface area contributed by atoms with Crippen LogP contribution in [-0.4, -0.2) is 58.5 Å². The summed E-state index contributed by atoms with van der Waals surface area (Å²) in [5.41, 5.74) is 3.04. The topological polar surface area (TPSA) is 81.8 Å². The van der Waals surface area contributed by atoms with Gasteiger partial charge in [-0.3, -0.25) is 14.6 Å². The third kappa shape index (κ3) is 5.79. The third-order valence-corrected chi connectivity index (χ3v) is 5.50. The molecular formula is C24H28N4O3. The number of amides is 1. The lowest BCUT2D eigenvalue weighted by molar-refractivity contribution is 0.0671. The van der Waals surface area contributed by atoms with Crippen LogP contribution in [0, 0.1) is 6.92 Å². The van der Waals surface area contributed by atoms with E-state index in [1.54, 1.807) is 0 Å². The van der Waals surface area contributed by atoms with Crippen LogP contribution in [0.1, 0.15) is 33.6 Å². The van der Waals surface area contributed by atoms with Gasteiger partial charge < -0.3 is 14.8 Å². The van der Waals surface area contributed by atoms with Crippen LogP contribution in [0.5, 0.6) is 0 Å². The molecule has 3 aromatic rings. The molecule has 0 radical (unpaired) electrons. The Morgan fingerprint density at radius 3 is 2.58 bits per heavy atom. The predicted octanol–water partition coefficient (Wildman–Crippen LogP) is 3.09. The first-order valence-corrected chi connectivity index (χ1v) is 10.6. The minimum absolute atomic E-state index is 0.277. The maximum absolute atomic E-state index is 12.4. The maximum Gasteiger partial charge on any atom is 0.277 e. The molecule has 7 heteroatoms. The van der Waals surface area contributed by atoms with E-state index in [4.69, 9.17) is 4.42 Å². The molecule has 2 N–H and O–H groups in total. The Kier molecular flexibility index (Phi) is 6.76. The Hall–Kier alpha value is -3.00. The molecule has 1 aromatic heterocycles. The number of hydrogen-bond acceptors (Lipinski definition) is 6. The highest BCUT2D eigenvalue weighted by molar-refractivity contribution is 6.02. The van der Waals surface area contributed by atoms with Gasteiger partial charge in [0.25, 0.3) is 5.91 Å². The van der Waals surface area contributed by atoms with E-state index in [2.05, 4.69) is 20.1 Å². The molecular weight excluding hydrogens is 392 g/mol. The van der Waals surface area contributed by atoms with Crippen LogP contribution in [0.3, 0.4) is 0 Å². The molecule has 1 unspecified atom stereocenters. The SMILES string of the molecule is Cc1cccc(NC(=O)c2coc(CN3CCN(CC(O)c4ccccc4)CC3)n2)c1. The molecule has 1 aliphatic rings. The number of carbonyl (C=O) groups is 1. The smallest absolute Gasteiger partial charge is 0.277 e. The Labute approximate surface area is 182 Å². The number of oxazole rings is 1. The van der Waals surface area contributed by atoms with Crippen molar-refractivity contribution in [2.24, 2.45) is 0 Å². The third-order valence-electron chi connectivity index (χ3n) is 5.50. The number of anilines is 1. The van der Waals surface area contributed by atoms with Gasteiger partial charge in [0, 0.05) is 38.4 Å². The van der Waals surface area contributed by atoms with Crippen molar-refractivity contribution < 1.29 is 14.3 Å². The summed E-state index contributed by atoms with van der Waals surface area (Å²) in [7, 11) is 0. The molecule has 1 atom stereocenters. The number of aryl methyl sites for hydroxylation is 1. The lowest BCUT2D eigenvalue weighted by Crippen LogP contribution is -2.47. The normalized spacial score (nSPS) is 16.2. The molecule has 0 aliphatic carbocycles. The Bertz CT molecular complexity index is 997. The molecule has 1 amide bonds. The number of hydrogen-bond donors (Lipinski definition) is 2. The van der Waals surface area contributed by atoms with Crippen molar-refractivity contribution in [3.8, 4) is 0 Å². The summed E-state index contributed by atoms with van der Waals surface area (Å²) in [4.78, 5) is 21.3. The van der Waals surface area contributed by atoms with Gasteiger partial charge in [-0.1, -0.05) is 42.5 Å². The van der Waals surface area contributed by atoms with E-state index >= 15 is 0 Å². The number of nitrogens with zero attached hydrogens (tertiary/aromatic N) is 3. The van der Waals surface area contributed by atoms with E-state index in [-0.39, 0.29) is 11.6 Å². The highest BCUT2D eigenvalue weighted by Crippen LogP contribution is 2.16. The standard InChI is InChI=1S/C24H28N4O3/c1-18-6-5-9-20(14-18)25-24(30)21-17-31-23(26-21)16-28-12-10-27(11-13-28)15-22(29)19-7-3-2-4-8-19/h2-9,14,17,22,29H,10-13,15-16H2,1H3,(H,25,30). The van der Waals surface area contributed by atoms with Gasteiger partial charge in [0.2, 0.25) is 5.89 Å². The fourth-order valence-electron chi connectivity index (χ4n) is 3.75. The summed E-state index contributed by atoms with van der Waals surface area (Å²) >= 11 is 0. The van der Waals surface area contributed by atoms with Crippen LogP contribution in [0.15, 0.2) is 65.3 Å². The van der Waals surface area contributed by atoms with Crippen molar-refractivity contribution in [1.29, 1.82) is 0 Å². The summed E-state index contributed by atoms with van der Waals surface area (Å²) in [5, 5.41) is 13.3. The largest absolute Gasteiger partial charge is 0.447 e. The first kappa shape index (κ1) is 21.2. The minimum atomic E-state index is -0.478. The van der Waals surface area contributed by atoms with Crippen LogP contribution >= 0.6 is 0 Å². The van der Waals surface area contributed by atoms with Crippen molar-refractivity contribution in [1.82, 2.24) is 14.8 Å². The number of β-amino-alcohol motifs (C(OH)–C–C–N with tert-alkyl or cyclic N) is 1. The molecule has 1 saturated heterocycles. The van der Waals surface area contributed by atoms with Crippen molar-refractivity contribution in [3.63, 3.8) is 0 Å². The van der Waals surface area contributed by atoms with E-state index < -0.39 is 6.10 Å². The highest BCUT2D eigenvalue weighted by Gasteiger charge is 2.22. The van der Waals surface area contributed by atoms with Crippen molar-refractivity contribution >= 4 is 11.6 Å². The summed E-state index contributed by atoms with van der Waals surface area (Å²) in [6, 6.07) is 17.4. The van der Waals surface area contributed by atoms with Crippen LogP contribution in [0.2, 0.25) is 0 Å². The van der Waals surface area contributed by atoms with E-state index in [1.165, 1.54) is 6.26 Å². The molecule has 0 saturated carbocycles. The first-order chi connectivity index (χ1) is 15.1. The number of rotatable bonds is 7. The molecule has 7 nitrogen and oxygen atoms in total. The number of carbonyl (C=O) groups excluding carboxylic acids is 1. The maximum atomic E-state index is 12.4. The second kappa shape index (κ2) is 9.87. The van der Waals surface area contributed by atoms with Gasteiger partial charge >= 0.3 is 0 Å². The zero-order chi connectivity index (χ0) is 21.6. The molecule has 1 fully saturated rings. The zero-order valence-electron chi connectivity index (χ0n) is 17.7. The van der Waals surface area contributed by atoms with Crippen molar-refractivity contribution in [2.75, 3.05) is 38.0 Å². The molecule has 1 aliphatic heterocycles. The second-order valence-corrected chi connectivity index (χ2v) is 7.95. The molecule has 2 aromatic carbocycles. The molecule has 162 valence electrons. The zero-order valence-corrected chi connectivity index (χ0v) is 17.7. The molecule has 0 spiro atoms. The monoisotopic (exact) mass is 420 g/mol. The average molecular weight is 421 g/mol. The minimum Gasteiger partial charge on any atom is -0.447 e. The van der Waals surface area contributed by atoms with Gasteiger partial charge in [-0.05, 0) is 30.2 Å². The summed E-state index contributed by atoms with van der Waals surface area (Å²) in [6.07, 6.45) is 0.932. The quantitative estimate of drug-likeness (QED) is 0.611. The number of piperazine rings is 1. The summed E-state index contributed by atoms with van der Waals surface area (Å²) < 4.78 is 5.53. The van der Waals surface area contributed by atoms with Gasteiger partial charge in [-0.25, -0.2) is 4.98 Å². The van der Waals surface area contributed by atoms with Crippen LogP contribution in [0.4, 0.5) is 5.69 Å². The number of aliphatic hydroxyl groups is 1. The Morgan fingerprint density at radius 2 is 1.84 bits per heavy atom. The number of nitrogens with one attached hydrogen (secondary N) is 1. The average Bonchev–Trinajstić information content (AvgIpc) is 3.24. The fourth-order valence-corrected chi connectivity index (χ4v) is 3.75. The van der Waals surface area contributed by atoms with Crippen molar-refractivity contribution in [3.05, 3.63) is 83.6 Å². The van der Waals surface area contributed by atoms with E-state index in [0.29, 0.717) is 19.0 Å². The van der Waals surface area contributed by atoms with Gasteiger partial charge in [0.1, 0.15) is 6.26 Å². The van der Waals surface area contributed by atoms with Crippen LogP contribution < -0.4 is 5.32 Å². The molecule has 2 heterocycles. The number of aromatic nitrogens is 1. The van der Waals surface area contributed by atoms with Gasteiger partial charge in [-0.15, -0.1) is 0 Å². The van der Waals surface area contributed by atoms with Gasteiger partial charge in [-0.2, -0.15) is 0 Å². The number of aliphatic hydroxyl groups excluding tert-OH is 1. The predicted molar refractivity (Wildman–Crippen MR) is 119 cm³/mol. The summed E-state index contributed by atoms with van der Waals surface area (Å²) in [5.74, 6) is 0.257. The van der Waals surface area contributed by atoms with Crippen LogP contribution in [-0.2, 0) is 6.54 Å². The summed E-state index contributed by atoms with van der Waals surface area (Å²) in [6.45, 7) is 6.61. The molecule has 31 heavy (non-hydrogen) atoms. The van der Waals surface area contributed by atoms with E-state index in [0.717, 1.165) is 43.0 Å². The van der Waals surface area contributed by atoms with Crippen molar-refractivity contribution in [2.45, 2.75) is 19.6 Å². The lowest BCUT2D eigenvalue weighted by atomic mass is 10.1. The van der Waals surface area contributed by atoms with Crippen LogP contribution in [0.25, 0.3) is 0 Å². The fraction of sp³-hybridized carbons (Fsp3) is 0.333. The van der Waals surface area contributed by atoms with E-state index in [1.807, 2.05) is 61.5 Å². The van der Waals surface area contributed by atoms with Gasteiger partial charge in [0.05, 0.1) is 12.6 Å².